The van der Waals surface area contributed by atoms with Crippen LogP contribution >= 0.6 is 22.6 Å². The third-order valence-corrected chi connectivity index (χ3v) is 11.2. The van der Waals surface area contributed by atoms with Gasteiger partial charge in [0.2, 0.25) is 23.6 Å². The highest BCUT2D eigenvalue weighted by molar-refractivity contribution is 14.1. The molecule has 3 aromatic carbocycles. The molecule has 8 nitrogen and oxygen atoms in total. The first kappa shape index (κ1) is 28.2. The lowest BCUT2D eigenvalue weighted by molar-refractivity contribution is -0.132. The maximum Gasteiger partial charge on any atom is 0.241 e. The fraction of sp³-hybridized carbons (Fsp3) is 0.278. The van der Waals surface area contributed by atoms with E-state index in [2.05, 4.69) is 22.6 Å². The van der Waals surface area contributed by atoms with Crippen LogP contribution in [0.5, 0.6) is 11.5 Å². The number of halogens is 1. The Balaban J connectivity index is 1.25. The Morgan fingerprint density at radius 3 is 2.36 bits per heavy atom. The van der Waals surface area contributed by atoms with Crippen LogP contribution in [0, 0.1) is 38.6 Å². The molecule has 5 aliphatic rings. The molecule has 3 fully saturated rings. The van der Waals surface area contributed by atoms with Crippen molar-refractivity contribution in [1.29, 1.82) is 0 Å². The average molecular weight is 713 g/mol. The van der Waals surface area contributed by atoms with Gasteiger partial charge < -0.3 is 9.84 Å². The monoisotopic (exact) mass is 712 g/mol. The highest BCUT2D eigenvalue weighted by atomic mass is 127. The van der Waals surface area contributed by atoms with Gasteiger partial charge >= 0.3 is 0 Å². The molecule has 45 heavy (non-hydrogen) atoms. The van der Waals surface area contributed by atoms with E-state index in [9.17, 15) is 24.3 Å². The number of para-hydroxylation sites is 1. The van der Waals surface area contributed by atoms with Crippen LogP contribution in [0.25, 0.3) is 0 Å². The molecule has 2 saturated heterocycles. The van der Waals surface area contributed by atoms with Gasteiger partial charge in [-0.15, -0.1) is 0 Å². The van der Waals surface area contributed by atoms with Crippen molar-refractivity contribution in [3.63, 3.8) is 0 Å². The van der Waals surface area contributed by atoms with Gasteiger partial charge in [0.1, 0.15) is 11.5 Å². The van der Waals surface area contributed by atoms with E-state index in [4.69, 9.17) is 4.74 Å². The molecule has 3 aromatic rings. The Labute approximate surface area is 273 Å². The fourth-order valence-electron chi connectivity index (χ4n) is 8.51. The zero-order valence-electron chi connectivity index (χ0n) is 24.4. The summed E-state index contributed by atoms with van der Waals surface area (Å²) in [5.41, 5.74) is 2.40. The minimum Gasteiger partial charge on any atom is -0.508 e. The third kappa shape index (κ3) is 4.02. The van der Waals surface area contributed by atoms with Crippen molar-refractivity contribution in [2.75, 3.05) is 9.80 Å². The number of nitrogens with zero attached hydrogens (tertiary/aromatic N) is 2. The standard InChI is InChI=1S/C36H29IN2O6/c1-36-28(33(42)39(35(36)44)22-5-3-2-4-6-22)17-27-25(31(36)20-15-19-16-24(40)11-14-29(19)45-18-20)12-13-26-30(27)34(43)38(32(26)41)23-9-7-21(37)8-10-23/h2-12,14,16,18,26-28,30-31,40H,13,15,17H2,1H3. The van der Waals surface area contributed by atoms with Crippen molar-refractivity contribution >= 4 is 57.6 Å². The number of aromatic hydroxyl groups is 1. The highest BCUT2D eigenvalue weighted by Gasteiger charge is 2.68. The van der Waals surface area contributed by atoms with Crippen molar-refractivity contribution in [3.05, 3.63) is 105 Å². The molecule has 1 N–H and O–H groups in total. The molecular weight excluding hydrogens is 683 g/mol. The van der Waals surface area contributed by atoms with Gasteiger partial charge in [-0.25, -0.2) is 4.90 Å². The first-order valence-corrected chi connectivity index (χ1v) is 16.2. The highest BCUT2D eigenvalue weighted by Crippen LogP contribution is 2.63. The number of benzene rings is 3. The van der Waals surface area contributed by atoms with Crippen LogP contribution in [0.4, 0.5) is 11.4 Å². The number of carbonyl (C=O) groups excluding carboxylic acids is 4. The fourth-order valence-corrected chi connectivity index (χ4v) is 8.87. The number of hydrogen-bond donors (Lipinski definition) is 1. The van der Waals surface area contributed by atoms with Crippen LogP contribution < -0.4 is 14.5 Å². The molecule has 0 spiro atoms. The average Bonchev–Trinajstić information content (AvgIpc) is 3.41. The zero-order valence-corrected chi connectivity index (χ0v) is 26.5. The van der Waals surface area contributed by atoms with Gasteiger partial charge in [0.25, 0.3) is 0 Å². The predicted molar refractivity (Wildman–Crippen MR) is 174 cm³/mol. The quantitative estimate of drug-likeness (QED) is 0.210. The van der Waals surface area contributed by atoms with E-state index in [1.807, 2.05) is 31.2 Å². The second-order valence-corrected chi connectivity index (χ2v) is 14.0. The number of phenolic OH excluding ortho intramolecular Hbond substituents is 1. The number of allylic oxidation sites excluding steroid dienone is 3. The predicted octanol–water partition coefficient (Wildman–Crippen LogP) is 5.78. The summed E-state index contributed by atoms with van der Waals surface area (Å²) in [6, 6.07) is 21.2. The molecule has 0 bridgehead atoms. The van der Waals surface area contributed by atoms with E-state index in [1.165, 1.54) is 9.80 Å². The van der Waals surface area contributed by atoms with E-state index in [1.54, 1.807) is 60.9 Å². The summed E-state index contributed by atoms with van der Waals surface area (Å²) in [4.78, 5) is 59.5. The summed E-state index contributed by atoms with van der Waals surface area (Å²) >= 11 is 2.19. The Hall–Kier alpha value is -4.25. The first-order chi connectivity index (χ1) is 21.7. The number of hydrogen-bond acceptors (Lipinski definition) is 6. The van der Waals surface area contributed by atoms with Crippen LogP contribution in [0.3, 0.4) is 0 Å². The van der Waals surface area contributed by atoms with E-state index >= 15 is 0 Å². The molecular formula is C36H29IN2O6. The van der Waals surface area contributed by atoms with Crippen LogP contribution in [-0.2, 0) is 25.6 Å². The van der Waals surface area contributed by atoms with E-state index in [0.717, 1.165) is 20.3 Å². The number of phenols is 1. The number of rotatable bonds is 3. The van der Waals surface area contributed by atoms with Gasteiger partial charge in [-0.3, -0.25) is 24.1 Å². The van der Waals surface area contributed by atoms with Gasteiger partial charge in [-0.1, -0.05) is 29.8 Å². The Morgan fingerprint density at radius 1 is 0.867 bits per heavy atom. The van der Waals surface area contributed by atoms with Crippen LogP contribution in [0.15, 0.2) is 96.3 Å². The van der Waals surface area contributed by atoms with Crippen molar-refractivity contribution in [2.45, 2.75) is 26.2 Å². The summed E-state index contributed by atoms with van der Waals surface area (Å²) in [5, 5.41) is 10.2. The van der Waals surface area contributed by atoms with E-state index in [-0.39, 0.29) is 29.4 Å². The molecule has 8 rings (SSSR count). The number of amides is 4. The molecule has 2 aliphatic carbocycles. The Kier molecular flexibility index (Phi) is 6.36. The van der Waals surface area contributed by atoms with Gasteiger partial charge in [-0.05, 0) is 108 Å². The van der Waals surface area contributed by atoms with Crippen molar-refractivity contribution in [1.82, 2.24) is 0 Å². The number of fused-ring (bicyclic) bond motifs is 5. The molecule has 9 heteroatoms. The lowest BCUT2D eigenvalue weighted by Crippen LogP contribution is -2.51. The topological polar surface area (TPSA) is 104 Å². The number of ether oxygens (including phenoxy) is 1. The third-order valence-electron chi connectivity index (χ3n) is 10.5. The molecule has 1 saturated carbocycles. The molecule has 6 unspecified atom stereocenters. The van der Waals surface area contributed by atoms with Gasteiger partial charge in [-0.2, -0.15) is 0 Å². The van der Waals surface area contributed by atoms with Crippen LogP contribution in [0.2, 0.25) is 0 Å². The maximum absolute atomic E-state index is 14.5. The summed E-state index contributed by atoms with van der Waals surface area (Å²) in [6.45, 7) is 1.87. The minimum absolute atomic E-state index is 0.108. The van der Waals surface area contributed by atoms with Gasteiger partial charge in [0.05, 0.1) is 40.8 Å². The lowest BCUT2D eigenvalue weighted by atomic mass is 9.51. The Morgan fingerprint density at radius 2 is 1.60 bits per heavy atom. The van der Waals surface area contributed by atoms with Crippen LogP contribution in [0.1, 0.15) is 25.3 Å². The summed E-state index contributed by atoms with van der Waals surface area (Å²) in [7, 11) is 0. The van der Waals surface area contributed by atoms with Gasteiger partial charge in [0.15, 0.2) is 0 Å². The summed E-state index contributed by atoms with van der Waals surface area (Å²) < 4.78 is 7.06. The van der Waals surface area contributed by atoms with E-state index in [0.29, 0.717) is 36.4 Å². The summed E-state index contributed by atoms with van der Waals surface area (Å²) in [5.74, 6) is -3.17. The second kappa shape index (κ2) is 10.1. The van der Waals surface area contributed by atoms with Crippen molar-refractivity contribution in [2.24, 2.45) is 35.0 Å². The first-order valence-electron chi connectivity index (χ1n) is 15.1. The Bertz CT molecular complexity index is 1870. The van der Waals surface area contributed by atoms with Gasteiger partial charge in [0, 0.05) is 21.5 Å². The largest absolute Gasteiger partial charge is 0.508 e. The molecule has 4 amide bonds. The van der Waals surface area contributed by atoms with Crippen LogP contribution in [-0.4, -0.2) is 28.7 Å². The number of imide groups is 2. The molecule has 3 heterocycles. The zero-order chi connectivity index (χ0) is 31.2. The second-order valence-electron chi connectivity index (χ2n) is 12.8. The SMILES string of the molecule is CC12C(=O)N(c3ccccc3)C(=O)C1CC1C(=CCC3C(=O)N(c4ccc(I)cc4)C(=O)C31)C2C1=COc2ccc(O)cc2C1. The van der Waals surface area contributed by atoms with E-state index < -0.39 is 35.0 Å². The molecule has 0 aromatic heterocycles. The molecule has 3 aliphatic heterocycles. The number of carbonyl (C=O) groups is 4. The smallest absolute Gasteiger partial charge is 0.241 e. The minimum atomic E-state index is -1.15. The maximum atomic E-state index is 14.5. The lowest BCUT2D eigenvalue weighted by Gasteiger charge is -2.49. The summed E-state index contributed by atoms with van der Waals surface area (Å²) in [6.07, 6.45) is 4.78. The molecule has 6 atom stereocenters. The number of anilines is 2. The molecule has 226 valence electrons. The van der Waals surface area contributed by atoms with Crippen molar-refractivity contribution < 1.29 is 29.0 Å². The normalized spacial score (nSPS) is 30.2. The van der Waals surface area contributed by atoms with Crippen molar-refractivity contribution in [3.8, 4) is 11.5 Å². The molecule has 0 radical (unpaired) electrons.